The van der Waals surface area contributed by atoms with Crippen molar-refractivity contribution >= 4 is 16.9 Å². The van der Waals surface area contributed by atoms with Gasteiger partial charge in [-0.15, -0.1) is 0 Å². The maximum absolute atomic E-state index is 4.69. The van der Waals surface area contributed by atoms with Crippen LogP contribution in [0.15, 0.2) is 48.5 Å². The number of anilines is 1. The van der Waals surface area contributed by atoms with Gasteiger partial charge in [-0.05, 0) is 43.8 Å². The Morgan fingerprint density at radius 2 is 1.67 bits per heavy atom. The summed E-state index contributed by atoms with van der Waals surface area (Å²) >= 11 is 0. The molecule has 4 nitrogen and oxygen atoms in total. The van der Waals surface area contributed by atoms with Crippen LogP contribution in [0.2, 0.25) is 0 Å². The Morgan fingerprint density at radius 3 is 2.42 bits per heavy atom. The molecule has 0 aliphatic rings. The summed E-state index contributed by atoms with van der Waals surface area (Å²) in [5, 5.41) is 3.43. The third-order valence-corrected chi connectivity index (χ3v) is 4.19. The molecule has 24 heavy (non-hydrogen) atoms. The number of fused-ring (bicyclic) bond motifs is 1. The van der Waals surface area contributed by atoms with E-state index in [9.17, 15) is 0 Å². The largest absolute Gasteiger partial charge is 0.364 e. The topological polar surface area (TPSA) is 41.0 Å². The van der Waals surface area contributed by atoms with Crippen molar-refractivity contribution in [2.75, 3.05) is 18.9 Å². The number of hydrogen-bond donors (Lipinski definition) is 1. The van der Waals surface area contributed by atoms with E-state index >= 15 is 0 Å². The van der Waals surface area contributed by atoms with Crippen molar-refractivity contribution in [3.63, 3.8) is 0 Å². The van der Waals surface area contributed by atoms with Crippen LogP contribution in [-0.2, 0) is 13.1 Å². The van der Waals surface area contributed by atoms with E-state index in [2.05, 4.69) is 53.4 Å². The van der Waals surface area contributed by atoms with Crippen molar-refractivity contribution in [3.05, 3.63) is 65.4 Å². The van der Waals surface area contributed by atoms with E-state index < -0.39 is 0 Å². The smallest absolute Gasteiger partial charge is 0.148 e. The van der Waals surface area contributed by atoms with Crippen LogP contribution in [0.25, 0.3) is 11.0 Å². The van der Waals surface area contributed by atoms with Crippen molar-refractivity contribution < 1.29 is 0 Å². The van der Waals surface area contributed by atoms with Gasteiger partial charge in [-0.3, -0.25) is 0 Å². The number of rotatable bonds is 6. The molecular formula is C20H24N4. The minimum atomic E-state index is 0.748. The summed E-state index contributed by atoms with van der Waals surface area (Å²) in [6.45, 7) is 6.94. The second-order valence-corrected chi connectivity index (χ2v) is 6.15. The minimum Gasteiger partial charge on any atom is -0.364 e. The number of para-hydroxylation sites is 2. The SMILES string of the molecule is CCN(C)Cc1cccc(CNc2nc3ccccc3nc2C)c1. The molecule has 0 saturated heterocycles. The number of aryl methyl sites for hydroxylation is 1. The Bertz CT molecular complexity index is 829. The van der Waals surface area contributed by atoms with Gasteiger partial charge >= 0.3 is 0 Å². The first-order valence-corrected chi connectivity index (χ1v) is 8.39. The van der Waals surface area contributed by atoms with Crippen molar-refractivity contribution in [1.82, 2.24) is 14.9 Å². The number of nitrogens with one attached hydrogen (secondary N) is 1. The average molecular weight is 320 g/mol. The lowest BCUT2D eigenvalue weighted by atomic mass is 10.1. The van der Waals surface area contributed by atoms with Gasteiger partial charge in [-0.25, -0.2) is 9.97 Å². The second kappa shape index (κ2) is 7.41. The van der Waals surface area contributed by atoms with Gasteiger partial charge in [-0.1, -0.05) is 43.3 Å². The molecule has 4 heteroatoms. The minimum absolute atomic E-state index is 0.748. The Balaban J connectivity index is 1.74. The monoisotopic (exact) mass is 320 g/mol. The molecule has 1 aromatic heterocycles. The van der Waals surface area contributed by atoms with Gasteiger partial charge < -0.3 is 10.2 Å². The lowest BCUT2D eigenvalue weighted by Crippen LogP contribution is -2.16. The molecule has 0 aliphatic heterocycles. The van der Waals surface area contributed by atoms with Crippen LogP contribution >= 0.6 is 0 Å². The molecule has 2 aromatic carbocycles. The molecule has 0 spiro atoms. The first-order valence-electron chi connectivity index (χ1n) is 8.39. The van der Waals surface area contributed by atoms with E-state index in [1.54, 1.807) is 0 Å². The fourth-order valence-electron chi connectivity index (χ4n) is 2.70. The zero-order chi connectivity index (χ0) is 16.9. The van der Waals surface area contributed by atoms with Crippen molar-refractivity contribution in [1.29, 1.82) is 0 Å². The Labute approximate surface area is 143 Å². The molecule has 124 valence electrons. The van der Waals surface area contributed by atoms with Crippen molar-refractivity contribution in [2.45, 2.75) is 26.9 Å². The van der Waals surface area contributed by atoms with Crippen LogP contribution in [0.5, 0.6) is 0 Å². The predicted octanol–water partition coefficient (Wildman–Crippen LogP) is 4.00. The van der Waals surface area contributed by atoms with Gasteiger partial charge in [0.15, 0.2) is 0 Å². The maximum Gasteiger partial charge on any atom is 0.148 e. The highest BCUT2D eigenvalue weighted by atomic mass is 15.1. The van der Waals surface area contributed by atoms with E-state index in [1.807, 2.05) is 31.2 Å². The molecule has 0 radical (unpaired) electrons. The Hall–Kier alpha value is -2.46. The molecule has 1 N–H and O–H groups in total. The van der Waals surface area contributed by atoms with Crippen LogP contribution < -0.4 is 5.32 Å². The Morgan fingerprint density at radius 1 is 0.958 bits per heavy atom. The van der Waals surface area contributed by atoms with E-state index in [0.717, 1.165) is 42.2 Å². The third-order valence-electron chi connectivity index (χ3n) is 4.19. The van der Waals surface area contributed by atoms with Crippen LogP contribution in [0.4, 0.5) is 5.82 Å². The molecule has 1 heterocycles. The summed E-state index contributed by atoms with van der Waals surface area (Å²) in [6, 6.07) is 16.7. The first kappa shape index (κ1) is 16.4. The molecule has 0 fully saturated rings. The Kier molecular flexibility index (Phi) is 5.06. The summed E-state index contributed by atoms with van der Waals surface area (Å²) < 4.78 is 0. The van der Waals surface area contributed by atoms with Crippen LogP contribution in [0.1, 0.15) is 23.7 Å². The quantitative estimate of drug-likeness (QED) is 0.745. The zero-order valence-corrected chi connectivity index (χ0v) is 14.6. The highest BCUT2D eigenvalue weighted by Crippen LogP contribution is 2.17. The molecule has 3 aromatic rings. The van der Waals surface area contributed by atoms with E-state index in [0.29, 0.717) is 0 Å². The average Bonchev–Trinajstić information content (AvgIpc) is 2.60. The van der Waals surface area contributed by atoms with Gasteiger partial charge in [-0.2, -0.15) is 0 Å². The fraction of sp³-hybridized carbons (Fsp3) is 0.300. The summed E-state index contributed by atoms with van der Waals surface area (Å²) in [7, 11) is 2.14. The lowest BCUT2D eigenvalue weighted by Gasteiger charge is -2.15. The van der Waals surface area contributed by atoms with Crippen LogP contribution in [-0.4, -0.2) is 28.5 Å². The second-order valence-electron chi connectivity index (χ2n) is 6.15. The van der Waals surface area contributed by atoms with Gasteiger partial charge in [0.2, 0.25) is 0 Å². The predicted molar refractivity (Wildman–Crippen MR) is 100 cm³/mol. The van der Waals surface area contributed by atoms with Crippen LogP contribution in [0, 0.1) is 6.92 Å². The molecule has 0 unspecified atom stereocenters. The summed E-state index contributed by atoms with van der Waals surface area (Å²) in [6.07, 6.45) is 0. The highest BCUT2D eigenvalue weighted by Gasteiger charge is 2.05. The molecular weight excluding hydrogens is 296 g/mol. The molecule has 0 amide bonds. The number of nitrogens with zero attached hydrogens (tertiary/aromatic N) is 3. The molecule has 0 aliphatic carbocycles. The van der Waals surface area contributed by atoms with Crippen molar-refractivity contribution in [3.8, 4) is 0 Å². The normalized spacial score (nSPS) is 11.2. The fourth-order valence-corrected chi connectivity index (χ4v) is 2.70. The highest BCUT2D eigenvalue weighted by molar-refractivity contribution is 5.76. The number of benzene rings is 2. The molecule has 0 saturated carbocycles. The van der Waals surface area contributed by atoms with Gasteiger partial charge in [0.05, 0.1) is 16.7 Å². The number of hydrogen-bond acceptors (Lipinski definition) is 4. The molecule has 3 rings (SSSR count). The first-order chi connectivity index (χ1) is 11.7. The molecule has 0 bridgehead atoms. The summed E-state index contributed by atoms with van der Waals surface area (Å²) in [4.78, 5) is 11.6. The van der Waals surface area contributed by atoms with Crippen LogP contribution in [0.3, 0.4) is 0 Å². The van der Waals surface area contributed by atoms with E-state index in [4.69, 9.17) is 4.98 Å². The standard InChI is InChI=1S/C20H24N4/c1-4-24(3)14-17-9-7-8-16(12-17)13-21-20-15(2)22-18-10-5-6-11-19(18)23-20/h5-12H,4,13-14H2,1-3H3,(H,21,23). The number of aromatic nitrogens is 2. The zero-order valence-electron chi connectivity index (χ0n) is 14.6. The third kappa shape index (κ3) is 3.89. The van der Waals surface area contributed by atoms with Gasteiger partial charge in [0.25, 0.3) is 0 Å². The van der Waals surface area contributed by atoms with Gasteiger partial charge in [0.1, 0.15) is 5.82 Å². The summed E-state index contributed by atoms with van der Waals surface area (Å²) in [5.74, 6) is 0.852. The van der Waals surface area contributed by atoms with Crippen molar-refractivity contribution in [2.24, 2.45) is 0 Å². The van der Waals surface area contributed by atoms with Gasteiger partial charge in [0, 0.05) is 13.1 Å². The maximum atomic E-state index is 4.69. The van der Waals surface area contributed by atoms with E-state index in [1.165, 1.54) is 11.1 Å². The summed E-state index contributed by atoms with van der Waals surface area (Å²) in [5.41, 5.74) is 5.37. The van der Waals surface area contributed by atoms with E-state index in [-0.39, 0.29) is 0 Å². The lowest BCUT2D eigenvalue weighted by molar-refractivity contribution is 0.345. The molecule has 0 atom stereocenters.